The van der Waals surface area contributed by atoms with Crippen molar-refractivity contribution in [1.82, 2.24) is 9.61 Å². The van der Waals surface area contributed by atoms with Crippen LogP contribution in [0.5, 0.6) is 0 Å². The van der Waals surface area contributed by atoms with Gasteiger partial charge < -0.3 is 5.11 Å². The van der Waals surface area contributed by atoms with E-state index in [1.807, 2.05) is 0 Å². The molecule has 0 saturated heterocycles. The fraction of sp³-hybridized carbons (Fsp3) is 0.235. The molecule has 0 saturated carbocycles. The summed E-state index contributed by atoms with van der Waals surface area (Å²) in [5, 5.41) is 15.0. The molecule has 132 valence electrons. The summed E-state index contributed by atoms with van der Waals surface area (Å²) in [6.45, 7) is 1.26. The van der Waals surface area contributed by atoms with Gasteiger partial charge in [0, 0.05) is 22.2 Å². The van der Waals surface area contributed by atoms with Crippen molar-refractivity contribution in [2.45, 2.75) is 24.6 Å². The smallest absolute Gasteiger partial charge is 0.375 e. The third-order valence-electron chi connectivity index (χ3n) is 4.25. The molecule has 3 aromatic rings. The van der Waals surface area contributed by atoms with E-state index in [-0.39, 0.29) is 10.6 Å². The highest BCUT2D eigenvalue weighted by atomic mass is 35.5. The maximum absolute atomic E-state index is 13.9. The molecule has 2 unspecified atom stereocenters. The van der Waals surface area contributed by atoms with E-state index >= 15 is 0 Å². The van der Waals surface area contributed by atoms with Crippen molar-refractivity contribution < 1.29 is 18.3 Å². The van der Waals surface area contributed by atoms with Gasteiger partial charge >= 0.3 is 6.18 Å². The lowest BCUT2D eigenvalue weighted by Gasteiger charge is -2.35. The molecule has 25 heavy (non-hydrogen) atoms. The Kier molecular flexibility index (Phi) is 4.47. The predicted octanol–water partition coefficient (Wildman–Crippen LogP) is 5.19. The second kappa shape index (κ2) is 6.20. The largest absolute Gasteiger partial charge is 0.423 e. The molecule has 0 bridgehead atoms. The molecule has 8 heteroatoms. The first-order valence-electron chi connectivity index (χ1n) is 7.33. The summed E-state index contributed by atoms with van der Waals surface area (Å²) in [4.78, 5) is 0. The first kappa shape index (κ1) is 18.0. The summed E-state index contributed by atoms with van der Waals surface area (Å²) < 4.78 is 43.0. The maximum Gasteiger partial charge on any atom is 0.423 e. The molecule has 0 radical (unpaired) electrons. The molecule has 0 amide bonds. The maximum atomic E-state index is 13.9. The highest BCUT2D eigenvalue weighted by molar-refractivity contribution is 6.35. The van der Waals surface area contributed by atoms with Crippen LogP contribution in [0, 0.1) is 0 Å². The molecule has 0 spiro atoms. The summed E-state index contributed by atoms with van der Waals surface area (Å²) in [5.41, 5.74) is -3.14. The number of benzene rings is 1. The fourth-order valence-corrected chi connectivity index (χ4v) is 3.39. The minimum Gasteiger partial charge on any atom is -0.375 e. The molecule has 0 fully saturated rings. The molecule has 2 aromatic heterocycles. The second-order valence-electron chi connectivity index (χ2n) is 5.75. The molecule has 0 aliphatic heterocycles. The zero-order valence-corrected chi connectivity index (χ0v) is 14.4. The lowest BCUT2D eigenvalue weighted by atomic mass is 9.80. The third-order valence-corrected chi connectivity index (χ3v) is 4.81. The monoisotopic (exact) mass is 388 g/mol. The molecule has 3 rings (SSSR count). The predicted molar refractivity (Wildman–Crippen MR) is 90.0 cm³/mol. The van der Waals surface area contributed by atoms with Crippen molar-refractivity contribution in [3.05, 3.63) is 70.0 Å². The van der Waals surface area contributed by atoms with Crippen LogP contribution in [-0.4, -0.2) is 20.9 Å². The molecule has 0 aliphatic rings. The number of halogens is 5. The molecule has 1 aromatic carbocycles. The Hall–Kier alpha value is -1.76. The van der Waals surface area contributed by atoms with E-state index in [0.29, 0.717) is 10.5 Å². The van der Waals surface area contributed by atoms with Gasteiger partial charge in [-0.3, -0.25) is 0 Å². The lowest BCUT2D eigenvalue weighted by Crippen LogP contribution is -2.47. The lowest BCUT2D eigenvalue weighted by molar-refractivity contribution is -0.276. The van der Waals surface area contributed by atoms with Crippen LogP contribution in [0.4, 0.5) is 13.2 Å². The van der Waals surface area contributed by atoms with Gasteiger partial charge in [-0.2, -0.15) is 18.3 Å². The van der Waals surface area contributed by atoms with Crippen LogP contribution < -0.4 is 0 Å². The highest BCUT2D eigenvalue weighted by Gasteiger charge is 2.60. The van der Waals surface area contributed by atoms with Crippen LogP contribution in [0.2, 0.25) is 10.0 Å². The van der Waals surface area contributed by atoms with Crippen LogP contribution in [-0.2, 0) is 5.60 Å². The van der Waals surface area contributed by atoms with Crippen LogP contribution >= 0.6 is 23.2 Å². The van der Waals surface area contributed by atoms with Crippen molar-refractivity contribution in [2.75, 3.05) is 0 Å². The van der Waals surface area contributed by atoms with E-state index in [0.717, 1.165) is 0 Å². The topological polar surface area (TPSA) is 37.5 Å². The van der Waals surface area contributed by atoms with Gasteiger partial charge in [-0.1, -0.05) is 42.3 Å². The Morgan fingerprint density at radius 1 is 1.12 bits per heavy atom. The Morgan fingerprint density at radius 2 is 1.84 bits per heavy atom. The number of nitrogens with zero attached hydrogens (tertiary/aromatic N) is 2. The minimum atomic E-state index is -4.96. The molecular weight excluding hydrogens is 376 g/mol. The van der Waals surface area contributed by atoms with Gasteiger partial charge in [0.1, 0.15) is 5.69 Å². The van der Waals surface area contributed by atoms with Gasteiger partial charge in [-0.15, -0.1) is 0 Å². The summed E-state index contributed by atoms with van der Waals surface area (Å²) in [6.07, 6.45) is -3.46. The Bertz CT molecular complexity index is 893. The number of aromatic nitrogens is 2. The number of aliphatic hydroxyl groups is 1. The van der Waals surface area contributed by atoms with E-state index in [9.17, 15) is 18.3 Å². The zero-order valence-electron chi connectivity index (χ0n) is 12.9. The van der Waals surface area contributed by atoms with Crippen molar-refractivity contribution in [2.24, 2.45) is 0 Å². The fourth-order valence-electron chi connectivity index (χ4n) is 2.81. The Labute approximate surface area is 151 Å². The highest BCUT2D eigenvalue weighted by Crippen LogP contribution is 2.49. The van der Waals surface area contributed by atoms with E-state index in [1.54, 1.807) is 18.2 Å². The average molecular weight is 389 g/mol. The van der Waals surface area contributed by atoms with Crippen LogP contribution in [0.25, 0.3) is 5.52 Å². The summed E-state index contributed by atoms with van der Waals surface area (Å²) in [7, 11) is 0. The summed E-state index contributed by atoms with van der Waals surface area (Å²) in [6, 6.07) is 10.3. The molecule has 2 atom stereocenters. The summed E-state index contributed by atoms with van der Waals surface area (Å²) in [5.74, 6) is -1.40. The number of alkyl halides is 3. The minimum absolute atomic E-state index is 0.0476. The molecule has 2 heterocycles. The van der Waals surface area contributed by atoms with Gasteiger partial charge in [0.25, 0.3) is 0 Å². The average Bonchev–Trinajstić information content (AvgIpc) is 2.96. The van der Waals surface area contributed by atoms with E-state index < -0.39 is 23.4 Å². The first-order valence-corrected chi connectivity index (χ1v) is 8.09. The Balaban J connectivity index is 2.19. The van der Waals surface area contributed by atoms with Crippen molar-refractivity contribution in [1.29, 1.82) is 0 Å². The Morgan fingerprint density at radius 3 is 2.44 bits per heavy atom. The van der Waals surface area contributed by atoms with Crippen LogP contribution in [0.1, 0.15) is 24.1 Å². The van der Waals surface area contributed by atoms with Gasteiger partial charge in [-0.05, 0) is 35.9 Å². The van der Waals surface area contributed by atoms with Gasteiger partial charge in [-0.25, -0.2) is 4.52 Å². The normalized spacial score (nSPS) is 16.0. The van der Waals surface area contributed by atoms with Crippen LogP contribution in [0.15, 0.2) is 48.7 Å². The number of hydrogen-bond acceptors (Lipinski definition) is 2. The molecule has 1 N–H and O–H groups in total. The standard InChI is InChI=1S/C17H13Cl2F3N2O/c1-10(13-6-5-11(18)8-14(13)19)16(25,17(20,21)22)15-9-12-4-2-3-7-24(12)23-15/h2-10,25H,1H3. The number of pyridine rings is 1. The number of fused-ring (bicyclic) bond motifs is 1. The van der Waals surface area contributed by atoms with E-state index in [1.165, 1.54) is 41.9 Å². The SMILES string of the molecule is CC(c1ccc(Cl)cc1Cl)C(O)(c1cc2ccccn2n1)C(F)(F)F. The number of rotatable bonds is 3. The van der Waals surface area contributed by atoms with Gasteiger partial charge in [0.2, 0.25) is 5.60 Å². The van der Waals surface area contributed by atoms with Gasteiger partial charge in [0.05, 0.1) is 5.52 Å². The van der Waals surface area contributed by atoms with Crippen molar-refractivity contribution >= 4 is 28.7 Å². The second-order valence-corrected chi connectivity index (χ2v) is 6.59. The van der Waals surface area contributed by atoms with E-state index in [4.69, 9.17) is 23.2 Å². The molecule has 3 nitrogen and oxygen atoms in total. The van der Waals surface area contributed by atoms with Crippen molar-refractivity contribution in [3.8, 4) is 0 Å². The molecule has 0 aliphatic carbocycles. The first-order chi connectivity index (χ1) is 11.6. The number of hydrogen-bond donors (Lipinski definition) is 1. The third kappa shape index (κ3) is 2.99. The quantitative estimate of drug-likeness (QED) is 0.669. The summed E-state index contributed by atoms with van der Waals surface area (Å²) >= 11 is 11.9. The van der Waals surface area contributed by atoms with E-state index in [2.05, 4.69) is 5.10 Å². The van der Waals surface area contributed by atoms with Gasteiger partial charge in [0.15, 0.2) is 0 Å². The molecular formula is C17H13Cl2F3N2O. The van der Waals surface area contributed by atoms with Crippen LogP contribution in [0.3, 0.4) is 0 Å². The van der Waals surface area contributed by atoms with Crippen molar-refractivity contribution in [3.63, 3.8) is 0 Å². The zero-order chi connectivity index (χ0) is 18.4.